The van der Waals surface area contributed by atoms with Crippen LogP contribution in [0, 0.1) is 0 Å². The van der Waals surface area contributed by atoms with Gasteiger partial charge in [-0.1, -0.05) is 18.2 Å². The van der Waals surface area contributed by atoms with Gasteiger partial charge in [-0.15, -0.1) is 6.58 Å². The third kappa shape index (κ3) is 4.09. The molecule has 0 bridgehead atoms. The highest BCUT2D eigenvalue weighted by Gasteiger charge is 2.30. The molecule has 0 aliphatic carbocycles. The van der Waals surface area contributed by atoms with Gasteiger partial charge in [0.1, 0.15) is 11.3 Å². The zero-order valence-corrected chi connectivity index (χ0v) is 13.1. The van der Waals surface area contributed by atoms with Crippen molar-refractivity contribution in [3.63, 3.8) is 0 Å². The molecule has 0 aliphatic heterocycles. The van der Waals surface area contributed by atoms with Crippen LogP contribution in [-0.4, -0.2) is 22.0 Å². The Morgan fingerprint density at radius 1 is 1.32 bits per heavy atom. The van der Waals surface area contributed by atoms with Crippen molar-refractivity contribution in [3.8, 4) is 17.0 Å². The highest BCUT2D eigenvalue weighted by atomic mass is 19.4. The van der Waals surface area contributed by atoms with Crippen LogP contribution in [0.3, 0.4) is 0 Å². The number of alkyl halides is 3. The van der Waals surface area contributed by atoms with E-state index >= 15 is 0 Å². The number of carbonyl (C=O) groups excluding carboxylic acids is 1. The number of halogens is 3. The lowest BCUT2D eigenvalue weighted by Gasteiger charge is -2.11. The second-order valence-electron chi connectivity index (χ2n) is 5.35. The molecule has 1 aromatic heterocycles. The Balaban J connectivity index is 2.38. The first-order valence-corrected chi connectivity index (χ1v) is 7.21. The summed E-state index contributed by atoms with van der Waals surface area (Å²) in [5.74, 6) is -1.14. The lowest BCUT2D eigenvalue weighted by molar-refractivity contribution is -0.137. The summed E-state index contributed by atoms with van der Waals surface area (Å²) >= 11 is 0. The van der Waals surface area contributed by atoms with Crippen molar-refractivity contribution in [2.45, 2.75) is 19.1 Å². The van der Waals surface area contributed by atoms with Gasteiger partial charge >= 0.3 is 6.18 Å². The molecule has 5 nitrogen and oxygen atoms in total. The molecule has 0 saturated heterocycles. The molecule has 0 saturated carbocycles. The van der Waals surface area contributed by atoms with E-state index in [0.717, 1.165) is 30.3 Å². The first-order chi connectivity index (χ1) is 11.6. The maximum Gasteiger partial charge on any atom is 0.416 e. The quantitative estimate of drug-likeness (QED) is 0.740. The molecular formula is C17H15F3N2O3. The molecule has 132 valence electrons. The lowest BCUT2D eigenvalue weighted by atomic mass is 10.1. The van der Waals surface area contributed by atoms with Crippen molar-refractivity contribution in [2.75, 3.05) is 0 Å². The maximum absolute atomic E-state index is 12.6. The third-order valence-electron chi connectivity index (χ3n) is 3.48. The van der Waals surface area contributed by atoms with E-state index in [1.807, 2.05) is 0 Å². The van der Waals surface area contributed by atoms with Crippen LogP contribution in [-0.2, 0) is 6.18 Å². The minimum atomic E-state index is -4.49. The van der Waals surface area contributed by atoms with Crippen molar-refractivity contribution in [1.82, 2.24) is 10.3 Å². The number of hydrogen-bond acceptors (Lipinski definition) is 3. The molecule has 1 aromatic carbocycles. The number of rotatable bonds is 4. The van der Waals surface area contributed by atoms with Gasteiger partial charge in [-0.25, -0.2) is 0 Å². The number of carbonyl (C=O) groups is 1. The van der Waals surface area contributed by atoms with Crippen LogP contribution in [0.1, 0.15) is 22.8 Å². The number of pyridine rings is 1. The number of hydrogen-bond donors (Lipinski definition) is 3. The highest BCUT2D eigenvalue weighted by molar-refractivity contribution is 5.95. The van der Waals surface area contributed by atoms with Crippen molar-refractivity contribution in [2.24, 2.45) is 0 Å². The number of aromatic hydroxyl groups is 1. The average molecular weight is 352 g/mol. The van der Waals surface area contributed by atoms with Gasteiger partial charge in [-0.3, -0.25) is 9.59 Å². The van der Waals surface area contributed by atoms with E-state index in [9.17, 15) is 27.9 Å². The van der Waals surface area contributed by atoms with Gasteiger partial charge < -0.3 is 15.4 Å². The molecule has 0 radical (unpaired) electrons. The Morgan fingerprint density at radius 2 is 1.92 bits per heavy atom. The fourth-order valence-electron chi connectivity index (χ4n) is 2.08. The largest absolute Gasteiger partial charge is 0.506 e. The van der Waals surface area contributed by atoms with Gasteiger partial charge in [0.15, 0.2) is 0 Å². The summed E-state index contributed by atoms with van der Waals surface area (Å²) in [5.41, 5.74) is -1.85. The fourth-order valence-corrected chi connectivity index (χ4v) is 2.08. The molecule has 1 amide bonds. The fraction of sp³-hybridized carbons (Fsp3) is 0.176. The first-order valence-electron chi connectivity index (χ1n) is 7.21. The van der Waals surface area contributed by atoms with Crippen molar-refractivity contribution >= 4 is 5.91 Å². The van der Waals surface area contributed by atoms with E-state index in [1.165, 1.54) is 6.08 Å². The minimum Gasteiger partial charge on any atom is -0.506 e. The molecule has 2 aromatic rings. The van der Waals surface area contributed by atoms with Crippen LogP contribution >= 0.6 is 0 Å². The number of aromatic amines is 1. The van der Waals surface area contributed by atoms with Gasteiger partial charge in [0.05, 0.1) is 11.3 Å². The van der Waals surface area contributed by atoms with E-state index in [2.05, 4.69) is 16.9 Å². The second kappa shape index (κ2) is 6.84. The minimum absolute atomic E-state index is 0.0768. The summed E-state index contributed by atoms with van der Waals surface area (Å²) in [6.45, 7) is 5.14. The summed E-state index contributed by atoms with van der Waals surface area (Å²) in [4.78, 5) is 26.4. The SMILES string of the molecule is C=C[C@H](C)NC(=O)c1cc(O)c(-c2ccc(C(F)(F)F)cc2)[nH]c1=O. The van der Waals surface area contributed by atoms with E-state index < -0.39 is 29.0 Å². The van der Waals surface area contributed by atoms with Crippen LogP contribution < -0.4 is 10.9 Å². The van der Waals surface area contributed by atoms with Gasteiger partial charge in [0, 0.05) is 17.7 Å². The number of aromatic nitrogens is 1. The summed E-state index contributed by atoms with van der Waals surface area (Å²) < 4.78 is 37.7. The maximum atomic E-state index is 12.6. The van der Waals surface area contributed by atoms with E-state index in [-0.39, 0.29) is 22.9 Å². The molecule has 0 spiro atoms. The van der Waals surface area contributed by atoms with Crippen molar-refractivity contribution in [1.29, 1.82) is 0 Å². The van der Waals surface area contributed by atoms with E-state index in [4.69, 9.17) is 0 Å². The summed E-state index contributed by atoms with van der Waals surface area (Å²) in [6, 6.07) is 4.49. The Morgan fingerprint density at radius 3 is 2.44 bits per heavy atom. The molecule has 0 fully saturated rings. The van der Waals surface area contributed by atoms with Gasteiger partial charge in [-0.05, 0) is 19.1 Å². The second-order valence-corrected chi connectivity index (χ2v) is 5.35. The molecule has 0 unspecified atom stereocenters. The molecule has 0 aliphatic rings. The van der Waals surface area contributed by atoms with Gasteiger partial charge in [0.25, 0.3) is 11.5 Å². The molecule has 2 rings (SSSR count). The molecule has 25 heavy (non-hydrogen) atoms. The predicted molar refractivity (Wildman–Crippen MR) is 86.3 cm³/mol. The molecule has 1 atom stereocenters. The highest BCUT2D eigenvalue weighted by Crippen LogP contribution is 2.32. The summed E-state index contributed by atoms with van der Waals surface area (Å²) in [7, 11) is 0. The molecule has 8 heteroatoms. The molecule has 1 heterocycles. The number of nitrogens with one attached hydrogen (secondary N) is 2. The Bertz CT molecular complexity index is 855. The summed E-state index contributed by atoms with van der Waals surface area (Å²) in [5, 5.41) is 12.5. The van der Waals surface area contributed by atoms with Gasteiger partial charge in [0.2, 0.25) is 0 Å². The Labute approximate surface area is 140 Å². The standard InChI is InChI=1S/C17H15F3N2O3/c1-3-9(2)21-15(24)12-8-13(23)14(22-16(12)25)10-4-6-11(7-5-10)17(18,19)20/h3-9,23H,1H2,2H3,(H,21,24)(H,22,25)/t9-/m0/s1. The number of H-pyrrole nitrogens is 1. The third-order valence-corrected chi connectivity index (χ3v) is 3.48. The predicted octanol–water partition coefficient (Wildman–Crippen LogP) is 3.07. The molecular weight excluding hydrogens is 337 g/mol. The van der Waals surface area contributed by atoms with Crippen LogP contribution in [0.4, 0.5) is 13.2 Å². The topological polar surface area (TPSA) is 82.2 Å². The Hall–Kier alpha value is -3.03. The van der Waals surface area contributed by atoms with Crippen LogP contribution in [0.25, 0.3) is 11.3 Å². The normalized spacial score (nSPS) is 12.5. The number of amides is 1. The number of benzene rings is 1. The smallest absolute Gasteiger partial charge is 0.416 e. The zero-order chi connectivity index (χ0) is 18.8. The Kier molecular flexibility index (Phi) is 5.01. The monoisotopic (exact) mass is 352 g/mol. The van der Waals surface area contributed by atoms with Crippen molar-refractivity contribution < 1.29 is 23.1 Å². The summed E-state index contributed by atoms with van der Waals surface area (Å²) in [6.07, 6.45) is -3.03. The van der Waals surface area contributed by atoms with Crippen LogP contribution in [0.15, 0.2) is 47.8 Å². The van der Waals surface area contributed by atoms with Crippen LogP contribution in [0.2, 0.25) is 0 Å². The first kappa shape index (κ1) is 18.3. The average Bonchev–Trinajstić information content (AvgIpc) is 2.55. The van der Waals surface area contributed by atoms with Gasteiger partial charge in [-0.2, -0.15) is 13.2 Å². The van der Waals surface area contributed by atoms with Crippen molar-refractivity contribution in [3.05, 3.63) is 64.5 Å². The van der Waals surface area contributed by atoms with E-state index in [1.54, 1.807) is 6.92 Å². The zero-order valence-electron chi connectivity index (χ0n) is 13.1. The molecule has 3 N–H and O–H groups in total. The van der Waals surface area contributed by atoms with E-state index in [0.29, 0.717) is 0 Å². The lowest BCUT2D eigenvalue weighted by Crippen LogP contribution is -2.34. The van der Waals surface area contributed by atoms with Crippen LogP contribution in [0.5, 0.6) is 5.75 Å².